The Kier molecular flexibility index (Phi) is 6.01. The van der Waals surface area contributed by atoms with Crippen molar-refractivity contribution >= 4 is 16.9 Å². The van der Waals surface area contributed by atoms with E-state index >= 15 is 0 Å². The van der Waals surface area contributed by atoms with Crippen LogP contribution >= 0.6 is 0 Å². The van der Waals surface area contributed by atoms with E-state index in [1.807, 2.05) is 26.0 Å². The first kappa shape index (κ1) is 22.3. The van der Waals surface area contributed by atoms with E-state index in [0.29, 0.717) is 11.3 Å². The van der Waals surface area contributed by atoms with Gasteiger partial charge in [0.25, 0.3) is 5.91 Å². The number of quaternary nitrogens is 1. The summed E-state index contributed by atoms with van der Waals surface area (Å²) in [5, 5.41) is 6.47. The van der Waals surface area contributed by atoms with Gasteiger partial charge in [-0.15, -0.1) is 0 Å². The van der Waals surface area contributed by atoms with E-state index in [1.54, 1.807) is 6.92 Å². The zero-order valence-corrected chi connectivity index (χ0v) is 19.2. The smallest absolute Gasteiger partial charge is 0.336 e. The summed E-state index contributed by atoms with van der Waals surface area (Å²) < 4.78 is 11.4. The molecule has 1 aromatic heterocycles. The highest BCUT2D eigenvalue weighted by atomic mass is 16.5. The van der Waals surface area contributed by atoms with Crippen LogP contribution in [-0.2, 0) is 11.2 Å². The lowest BCUT2D eigenvalue weighted by Crippen LogP contribution is -3.06. The maximum absolute atomic E-state index is 12.8. The van der Waals surface area contributed by atoms with Gasteiger partial charge in [-0.1, -0.05) is 6.92 Å². The van der Waals surface area contributed by atoms with E-state index in [9.17, 15) is 9.59 Å². The van der Waals surface area contributed by atoms with Crippen LogP contribution in [0.4, 0.5) is 0 Å². The second-order valence-corrected chi connectivity index (χ2v) is 10.0. The van der Waals surface area contributed by atoms with E-state index in [2.05, 4.69) is 38.3 Å². The molecule has 6 heteroatoms. The molecule has 1 atom stereocenters. The maximum Gasteiger partial charge on any atom is 0.336 e. The minimum absolute atomic E-state index is 0.0766. The number of carbonyl (C=O) groups is 1. The summed E-state index contributed by atoms with van der Waals surface area (Å²) >= 11 is 0. The van der Waals surface area contributed by atoms with Crippen LogP contribution in [0, 0.1) is 6.92 Å². The van der Waals surface area contributed by atoms with Crippen LogP contribution < -0.4 is 21.0 Å². The van der Waals surface area contributed by atoms with Gasteiger partial charge in [0.2, 0.25) is 0 Å². The van der Waals surface area contributed by atoms with E-state index in [1.165, 1.54) is 6.07 Å². The van der Waals surface area contributed by atoms with Crippen molar-refractivity contribution in [1.29, 1.82) is 0 Å². The summed E-state index contributed by atoms with van der Waals surface area (Å²) in [5.74, 6) is 0.427. The van der Waals surface area contributed by atoms with Crippen molar-refractivity contribution in [2.45, 2.75) is 91.0 Å². The number of nitrogens with one attached hydrogen (secondary N) is 1. The minimum Gasteiger partial charge on any atom is -0.480 e. The van der Waals surface area contributed by atoms with Gasteiger partial charge in [-0.25, -0.2) is 4.79 Å². The van der Waals surface area contributed by atoms with Gasteiger partial charge in [0, 0.05) is 35.9 Å². The molecule has 0 bridgehead atoms. The molecule has 2 aromatic rings. The van der Waals surface area contributed by atoms with Crippen molar-refractivity contribution < 1.29 is 19.3 Å². The molecule has 0 radical (unpaired) electrons. The predicted molar refractivity (Wildman–Crippen MR) is 118 cm³/mol. The summed E-state index contributed by atoms with van der Waals surface area (Å²) in [7, 11) is 0. The number of rotatable bonds is 5. The fourth-order valence-electron chi connectivity index (χ4n) is 5.01. The monoisotopic (exact) mass is 415 g/mol. The van der Waals surface area contributed by atoms with Crippen molar-refractivity contribution in [2.24, 2.45) is 0 Å². The van der Waals surface area contributed by atoms with Crippen molar-refractivity contribution in [2.75, 3.05) is 0 Å². The van der Waals surface area contributed by atoms with E-state index in [4.69, 9.17) is 9.15 Å². The molecule has 1 fully saturated rings. The third kappa shape index (κ3) is 4.86. The first-order valence-electron chi connectivity index (χ1n) is 10.8. The number of carbonyl (C=O) groups excluding carboxylic acids is 1. The number of aryl methyl sites for hydroxylation is 2. The van der Waals surface area contributed by atoms with Crippen molar-refractivity contribution in [3.05, 3.63) is 39.7 Å². The molecule has 0 aliphatic carbocycles. The number of amides is 1. The van der Waals surface area contributed by atoms with Crippen molar-refractivity contribution in [3.8, 4) is 5.75 Å². The molecule has 3 N–H and O–H groups in total. The SMILES string of the molecule is CCc1cc(=O)oc2c(C)c(O[C@H](C)C(=O)NC3CC(C)(C)[NH2+]C(C)(C)C3)ccc12. The quantitative estimate of drug-likeness (QED) is 0.736. The number of hydrogen-bond acceptors (Lipinski definition) is 4. The van der Waals surface area contributed by atoms with E-state index < -0.39 is 6.10 Å². The van der Waals surface area contributed by atoms with Gasteiger partial charge in [0.15, 0.2) is 6.10 Å². The molecule has 30 heavy (non-hydrogen) atoms. The highest BCUT2D eigenvalue weighted by Crippen LogP contribution is 2.29. The molecule has 1 aliphatic heterocycles. The standard InChI is InChI=1S/C24H34N2O4/c1-8-16-11-20(27)30-21-14(2)19(10-9-18(16)21)29-15(3)22(28)25-17-12-23(4,5)26-24(6,7)13-17/h9-11,15,17,26H,8,12-13H2,1-7H3,(H,25,28)/p+1/t15-/m1/s1. The molecule has 0 spiro atoms. The summed E-state index contributed by atoms with van der Waals surface area (Å²) in [5.41, 5.74) is 1.98. The van der Waals surface area contributed by atoms with E-state index in [0.717, 1.165) is 35.8 Å². The molecule has 1 aromatic carbocycles. The second-order valence-electron chi connectivity index (χ2n) is 10.0. The third-order valence-corrected chi connectivity index (χ3v) is 5.92. The Bertz CT molecular complexity index is 990. The maximum atomic E-state index is 12.8. The molecule has 1 amide bonds. The zero-order valence-electron chi connectivity index (χ0n) is 19.2. The number of benzene rings is 1. The largest absolute Gasteiger partial charge is 0.480 e. The van der Waals surface area contributed by atoms with Crippen molar-refractivity contribution in [3.63, 3.8) is 0 Å². The first-order valence-corrected chi connectivity index (χ1v) is 10.8. The Balaban J connectivity index is 1.76. The zero-order chi connectivity index (χ0) is 22.3. The lowest BCUT2D eigenvalue weighted by atomic mass is 9.79. The Hall–Kier alpha value is -2.34. The van der Waals surface area contributed by atoms with Gasteiger partial charge in [-0.2, -0.15) is 0 Å². The van der Waals surface area contributed by atoms with Gasteiger partial charge in [0.1, 0.15) is 11.3 Å². The average Bonchev–Trinajstić information content (AvgIpc) is 2.60. The molecule has 1 saturated heterocycles. The first-order chi connectivity index (χ1) is 13.9. The highest BCUT2D eigenvalue weighted by molar-refractivity contribution is 5.85. The van der Waals surface area contributed by atoms with Crippen molar-refractivity contribution in [1.82, 2.24) is 5.32 Å². The second kappa shape index (κ2) is 8.06. The van der Waals surface area contributed by atoms with E-state index in [-0.39, 0.29) is 28.7 Å². The van der Waals surface area contributed by atoms with Gasteiger partial charge in [0.05, 0.1) is 11.1 Å². The fraction of sp³-hybridized carbons (Fsp3) is 0.583. The number of ether oxygens (including phenoxy) is 1. The van der Waals surface area contributed by atoms with Crippen LogP contribution in [0.2, 0.25) is 0 Å². The number of fused-ring (bicyclic) bond motifs is 1. The number of hydrogen-bond donors (Lipinski definition) is 2. The molecule has 1 aliphatic rings. The molecule has 164 valence electrons. The van der Waals surface area contributed by atoms with Crippen LogP contribution in [0.5, 0.6) is 5.75 Å². The average molecular weight is 416 g/mol. The summed E-state index contributed by atoms with van der Waals surface area (Å²) in [6, 6.07) is 5.39. The lowest BCUT2D eigenvalue weighted by molar-refractivity contribution is -0.787. The Morgan fingerprint density at radius 1 is 1.27 bits per heavy atom. The normalized spacial score (nSPS) is 19.4. The minimum atomic E-state index is -0.653. The topological polar surface area (TPSA) is 85.1 Å². The van der Waals surface area contributed by atoms with Crippen LogP contribution in [0.3, 0.4) is 0 Å². The summed E-state index contributed by atoms with van der Waals surface area (Å²) in [6.07, 6.45) is 1.91. The predicted octanol–water partition coefficient (Wildman–Crippen LogP) is 2.83. The van der Waals surface area contributed by atoms with Crippen LogP contribution in [0.15, 0.2) is 27.4 Å². The molecule has 3 rings (SSSR count). The Labute approximate surface area is 178 Å². The number of piperidine rings is 1. The van der Waals surface area contributed by atoms with Crippen LogP contribution in [-0.4, -0.2) is 29.1 Å². The Morgan fingerprint density at radius 2 is 1.90 bits per heavy atom. The van der Waals surface area contributed by atoms with Crippen LogP contribution in [0.25, 0.3) is 11.0 Å². The highest BCUT2D eigenvalue weighted by Gasteiger charge is 2.42. The lowest BCUT2D eigenvalue weighted by Gasteiger charge is -2.43. The molecule has 0 unspecified atom stereocenters. The fourth-order valence-corrected chi connectivity index (χ4v) is 5.01. The molecule has 6 nitrogen and oxygen atoms in total. The summed E-state index contributed by atoms with van der Waals surface area (Å²) in [4.78, 5) is 24.8. The van der Waals surface area contributed by atoms with Gasteiger partial charge in [-0.05, 0) is 65.7 Å². The van der Waals surface area contributed by atoms with Gasteiger partial charge < -0.3 is 19.8 Å². The molecular weight excluding hydrogens is 380 g/mol. The summed E-state index contributed by atoms with van der Waals surface area (Å²) in [6.45, 7) is 14.5. The Morgan fingerprint density at radius 3 is 2.50 bits per heavy atom. The van der Waals surface area contributed by atoms with Crippen LogP contribution in [0.1, 0.15) is 65.5 Å². The third-order valence-electron chi connectivity index (χ3n) is 5.92. The molecule has 0 saturated carbocycles. The van der Waals surface area contributed by atoms with Gasteiger partial charge in [-0.3, -0.25) is 4.79 Å². The molecular formula is C24H35N2O4+. The van der Waals surface area contributed by atoms with Gasteiger partial charge >= 0.3 is 5.63 Å². The molecule has 2 heterocycles. The number of nitrogens with two attached hydrogens (primary N) is 1.